The molecular formula is C15H16ClNO3. The van der Waals surface area contributed by atoms with Gasteiger partial charge >= 0.3 is 0 Å². The molecule has 0 aliphatic carbocycles. The van der Waals surface area contributed by atoms with Gasteiger partial charge in [0.05, 0.1) is 23.3 Å². The molecule has 1 aliphatic rings. The summed E-state index contributed by atoms with van der Waals surface area (Å²) in [7, 11) is 1.60. The van der Waals surface area contributed by atoms with Gasteiger partial charge in [-0.05, 0) is 12.1 Å². The summed E-state index contributed by atoms with van der Waals surface area (Å²) in [6.07, 6.45) is 2.76. The maximum Gasteiger partial charge on any atom is 0.127 e. The third-order valence-corrected chi connectivity index (χ3v) is 4.16. The molecule has 2 heterocycles. The average molecular weight is 294 g/mol. The SMILES string of the molecule is COc1cc2nccc(Cl)c2cc1C1(O)CCOCC1. The number of nitrogens with zero attached hydrogens (tertiary/aromatic N) is 1. The summed E-state index contributed by atoms with van der Waals surface area (Å²) in [5.41, 5.74) is 0.580. The van der Waals surface area contributed by atoms with Crippen LogP contribution in [0.4, 0.5) is 0 Å². The summed E-state index contributed by atoms with van der Waals surface area (Å²) in [5, 5.41) is 12.3. The van der Waals surface area contributed by atoms with Crippen LogP contribution in [0.1, 0.15) is 18.4 Å². The van der Waals surface area contributed by atoms with Gasteiger partial charge in [0, 0.05) is 49.3 Å². The van der Waals surface area contributed by atoms with Crippen LogP contribution in [0.15, 0.2) is 24.4 Å². The lowest BCUT2D eigenvalue weighted by molar-refractivity contribution is -0.0688. The Morgan fingerprint density at radius 3 is 2.80 bits per heavy atom. The first-order chi connectivity index (χ1) is 9.64. The van der Waals surface area contributed by atoms with Crippen LogP contribution in [-0.4, -0.2) is 30.4 Å². The van der Waals surface area contributed by atoms with Crippen LogP contribution < -0.4 is 4.74 Å². The molecule has 1 aromatic carbocycles. The number of hydrogen-bond acceptors (Lipinski definition) is 4. The molecule has 0 unspecified atom stereocenters. The Hall–Kier alpha value is -1.36. The average Bonchev–Trinajstić information content (AvgIpc) is 2.47. The van der Waals surface area contributed by atoms with E-state index in [0.717, 1.165) is 16.5 Å². The van der Waals surface area contributed by atoms with Crippen LogP contribution in [0.5, 0.6) is 5.75 Å². The predicted octanol–water partition coefficient (Wildman–Crippen LogP) is 2.89. The smallest absolute Gasteiger partial charge is 0.127 e. The van der Waals surface area contributed by atoms with Crippen molar-refractivity contribution < 1.29 is 14.6 Å². The number of rotatable bonds is 2. The summed E-state index contributed by atoms with van der Waals surface area (Å²) in [4.78, 5) is 4.29. The Bertz CT molecular complexity index is 638. The molecule has 5 heteroatoms. The molecule has 0 bridgehead atoms. The molecule has 2 aromatic rings. The zero-order chi connectivity index (χ0) is 14.2. The normalized spacial score (nSPS) is 18.1. The van der Waals surface area contributed by atoms with Crippen molar-refractivity contribution in [2.45, 2.75) is 18.4 Å². The van der Waals surface area contributed by atoms with Crippen LogP contribution in [0.25, 0.3) is 10.9 Å². The molecular weight excluding hydrogens is 278 g/mol. The number of aromatic nitrogens is 1. The van der Waals surface area contributed by atoms with E-state index in [1.165, 1.54) is 0 Å². The lowest BCUT2D eigenvalue weighted by atomic mass is 9.85. The number of halogens is 1. The van der Waals surface area contributed by atoms with Crippen molar-refractivity contribution in [1.82, 2.24) is 4.98 Å². The fraction of sp³-hybridized carbons (Fsp3) is 0.400. The Labute approximate surface area is 122 Å². The quantitative estimate of drug-likeness (QED) is 0.925. The second kappa shape index (κ2) is 5.20. The molecule has 1 N–H and O–H groups in total. The third-order valence-electron chi connectivity index (χ3n) is 3.83. The minimum absolute atomic E-state index is 0.540. The van der Waals surface area contributed by atoms with Gasteiger partial charge in [-0.3, -0.25) is 4.98 Å². The molecule has 0 atom stereocenters. The molecule has 0 spiro atoms. The molecule has 1 fully saturated rings. The van der Waals surface area contributed by atoms with Gasteiger partial charge in [0.25, 0.3) is 0 Å². The lowest BCUT2D eigenvalue weighted by Crippen LogP contribution is -2.33. The molecule has 106 valence electrons. The highest BCUT2D eigenvalue weighted by Crippen LogP contribution is 2.40. The van der Waals surface area contributed by atoms with Crippen molar-refractivity contribution in [1.29, 1.82) is 0 Å². The number of aliphatic hydroxyl groups is 1. The van der Waals surface area contributed by atoms with E-state index in [9.17, 15) is 5.11 Å². The highest BCUT2D eigenvalue weighted by Gasteiger charge is 2.34. The number of ether oxygens (including phenoxy) is 2. The van der Waals surface area contributed by atoms with E-state index < -0.39 is 5.60 Å². The van der Waals surface area contributed by atoms with Crippen molar-refractivity contribution in [3.8, 4) is 5.75 Å². The minimum atomic E-state index is -0.934. The van der Waals surface area contributed by atoms with Gasteiger partial charge in [-0.1, -0.05) is 11.6 Å². The van der Waals surface area contributed by atoms with Crippen molar-refractivity contribution in [2.24, 2.45) is 0 Å². The molecule has 0 radical (unpaired) electrons. The largest absolute Gasteiger partial charge is 0.496 e. The zero-order valence-corrected chi connectivity index (χ0v) is 12.0. The number of fused-ring (bicyclic) bond motifs is 1. The summed E-state index contributed by atoms with van der Waals surface area (Å²) in [5.74, 6) is 0.636. The topological polar surface area (TPSA) is 51.6 Å². The molecule has 4 nitrogen and oxygen atoms in total. The summed E-state index contributed by atoms with van der Waals surface area (Å²) < 4.78 is 10.8. The third kappa shape index (κ3) is 2.24. The Balaban J connectivity index is 2.20. The molecule has 1 aliphatic heterocycles. The zero-order valence-electron chi connectivity index (χ0n) is 11.2. The molecule has 20 heavy (non-hydrogen) atoms. The maximum atomic E-state index is 10.9. The highest BCUT2D eigenvalue weighted by molar-refractivity contribution is 6.35. The molecule has 3 rings (SSSR count). The van der Waals surface area contributed by atoms with E-state index in [1.54, 1.807) is 19.4 Å². The lowest BCUT2D eigenvalue weighted by Gasteiger charge is -2.33. The van der Waals surface area contributed by atoms with Crippen LogP contribution >= 0.6 is 11.6 Å². The van der Waals surface area contributed by atoms with Gasteiger partial charge in [0.15, 0.2) is 0 Å². The van der Waals surface area contributed by atoms with Crippen molar-refractivity contribution >= 4 is 22.5 Å². The fourth-order valence-electron chi connectivity index (χ4n) is 2.65. The first-order valence-electron chi connectivity index (χ1n) is 6.57. The Morgan fingerprint density at radius 1 is 1.35 bits per heavy atom. The van der Waals surface area contributed by atoms with Crippen LogP contribution in [-0.2, 0) is 10.3 Å². The Morgan fingerprint density at radius 2 is 2.10 bits per heavy atom. The van der Waals surface area contributed by atoms with E-state index >= 15 is 0 Å². The minimum Gasteiger partial charge on any atom is -0.496 e. The molecule has 0 saturated carbocycles. The van der Waals surface area contributed by atoms with E-state index in [4.69, 9.17) is 21.1 Å². The van der Waals surface area contributed by atoms with E-state index in [-0.39, 0.29) is 0 Å². The van der Waals surface area contributed by atoms with E-state index in [0.29, 0.717) is 36.8 Å². The number of methoxy groups -OCH3 is 1. The van der Waals surface area contributed by atoms with Crippen LogP contribution in [0.3, 0.4) is 0 Å². The first-order valence-corrected chi connectivity index (χ1v) is 6.95. The molecule has 1 saturated heterocycles. The maximum absolute atomic E-state index is 10.9. The van der Waals surface area contributed by atoms with Gasteiger partial charge in [-0.15, -0.1) is 0 Å². The monoisotopic (exact) mass is 293 g/mol. The van der Waals surface area contributed by atoms with Crippen LogP contribution in [0.2, 0.25) is 5.02 Å². The standard InChI is InChI=1S/C15H16ClNO3/c1-19-14-9-13-10(12(16)2-5-17-13)8-11(14)15(18)3-6-20-7-4-15/h2,5,8-9,18H,3-4,6-7H2,1H3. The predicted molar refractivity (Wildman–Crippen MR) is 77.3 cm³/mol. The second-order valence-electron chi connectivity index (χ2n) is 5.01. The molecule has 1 aromatic heterocycles. The number of pyridine rings is 1. The number of hydrogen-bond donors (Lipinski definition) is 1. The van der Waals surface area contributed by atoms with Crippen molar-refractivity contribution in [3.63, 3.8) is 0 Å². The molecule has 0 amide bonds. The summed E-state index contributed by atoms with van der Waals surface area (Å²) >= 11 is 6.22. The summed E-state index contributed by atoms with van der Waals surface area (Å²) in [6, 6.07) is 5.45. The van der Waals surface area contributed by atoms with Gasteiger partial charge in [-0.2, -0.15) is 0 Å². The van der Waals surface area contributed by atoms with E-state index in [2.05, 4.69) is 4.98 Å². The van der Waals surface area contributed by atoms with Gasteiger partial charge in [-0.25, -0.2) is 0 Å². The Kier molecular flexibility index (Phi) is 3.54. The van der Waals surface area contributed by atoms with Crippen LogP contribution in [0, 0.1) is 0 Å². The van der Waals surface area contributed by atoms with Crippen molar-refractivity contribution in [2.75, 3.05) is 20.3 Å². The van der Waals surface area contributed by atoms with E-state index in [1.807, 2.05) is 12.1 Å². The fourth-order valence-corrected chi connectivity index (χ4v) is 2.86. The van der Waals surface area contributed by atoms with Crippen molar-refractivity contribution in [3.05, 3.63) is 35.0 Å². The first kappa shape index (κ1) is 13.6. The number of benzene rings is 1. The summed E-state index contributed by atoms with van der Waals surface area (Å²) in [6.45, 7) is 1.08. The highest BCUT2D eigenvalue weighted by atomic mass is 35.5. The second-order valence-corrected chi connectivity index (χ2v) is 5.41. The van der Waals surface area contributed by atoms with Gasteiger partial charge < -0.3 is 14.6 Å². The van der Waals surface area contributed by atoms with Gasteiger partial charge in [0.2, 0.25) is 0 Å². The van der Waals surface area contributed by atoms with Gasteiger partial charge in [0.1, 0.15) is 5.75 Å².